The maximum atomic E-state index is 13.6. The molecule has 0 atom stereocenters. The molecule has 0 saturated heterocycles. The molecule has 0 radical (unpaired) electrons. The van der Waals surface area contributed by atoms with Crippen molar-refractivity contribution < 1.29 is 12.8 Å². The molecule has 2 rings (SSSR count). The second-order valence-electron chi connectivity index (χ2n) is 3.75. The van der Waals surface area contributed by atoms with Gasteiger partial charge in [0.2, 0.25) is 0 Å². The highest BCUT2D eigenvalue weighted by atomic mass is 79.9. The molecule has 1 saturated carbocycles. The lowest BCUT2D eigenvalue weighted by molar-refractivity contribution is 0.561. The molecular weight excluding hydrogens is 285 g/mol. The second kappa shape index (κ2) is 3.25. The monoisotopic (exact) mass is 293 g/mol. The van der Waals surface area contributed by atoms with Gasteiger partial charge in [-0.1, -0.05) is 0 Å². The Labute approximate surface area is 95.8 Å². The average molecular weight is 294 g/mol. The van der Waals surface area contributed by atoms with E-state index in [2.05, 4.69) is 20.9 Å². The van der Waals surface area contributed by atoms with Crippen molar-refractivity contribution in [2.24, 2.45) is 0 Å². The predicted octanol–water partition coefficient (Wildman–Crippen LogP) is 2.02. The van der Waals surface area contributed by atoms with E-state index in [1.54, 1.807) is 0 Å². The zero-order chi connectivity index (χ0) is 11.3. The van der Waals surface area contributed by atoms with E-state index in [4.69, 9.17) is 0 Å². The molecule has 0 unspecified atom stereocenters. The molecule has 0 amide bonds. The maximum Gasteiger partial charge on any atom is 0.158 e. The number of rotatable bonds is 2. The Morgan fingerprint density at radius 1 is 1.53 bits per heavy atom. The molecule has 0 aliphatic heterocycles. The zero-order valence-electron chi connectivity index (χ0n) is 8.00. The fraction of sp³-hybridized carbons (Fsp3) is 0.444. The molecule has 0 bridgehead atoms. The molecule has 1 aliphatic rings. The van der Waals surface area contributed by atoms with Gasteiger partial charge >= 0.3 is 0 Å². The summed E-state index contributed by atoms with van der Waals surface area (Å²) in [5, 5.41) is 0. The molecule has 3 nitrogen and oxygen atoms in total. The SMILES string of the molecule is CS(=O)(=O)C1(c2ncc(Br)cc2F)CC1. The molecule has 0 spiro atoms. The molecule has 1 aromatic heterocycles. The Hall–Kier alpha value is -0.490. The van der Waals surface area contributed by atoms with Gasteiger partial charge in [0, 0.05) is 16.9 Å². The summed E-state index contributed by atoms with van der Waals surface area (Å²) in [6.45, 7) is 0. The van der Waals surface area contributed by atoms with Crippen LogP contribution in [0.1, 0.15) is 18.5 Å². The Bertz CT molecular complexity index is 511. The third kappa shape index (κ3) is 1.69. The van der Waals surface area contributed by atoms with Crippen molar-refractivity contribution in [3.05, 3.63) is 28.2 Å². The fourth-order valence-corrected chi connectivity index (χ4v) is 3.29. The predicted molar refractivity (Wildman–Crippen MR) is 57.7 cm³/mol. The Morgan fingerprint density at radius 2 is 2.13 bits per heavy atom. The van der Waals surface area contributed by atoms with E-state index >= 15 is 0 Å². The van der Waals surface area contributed by atoms with Crippen LogP contribution in [0.15, 0.2) is 16.7 Å². The second-order valence-corrected chi connectivity index (χ2v) is 6.99. The fourth-order valence-electron chi connectivity index (χ4n) is 1.65. The molecule has 0 aromatic carbocycles. The van der Waals surface area contributed by atoms with Gasteiger partial charge in [-0.3, -0.25) is 4.98 Å². The Kier molecular flexibility index (Phi) is 2.38. The largest absolute Gasteiger partial charge is 0.255 e. The van der Waals surface area contributed by atoms with Gasteiger partial charge in [-0.25, -0.2) is 12.8 Å². The summed E-state index contributed by atoms with van der Waals surface area (Å²) < 4.78 is 36.1. The number of pyridine rings is 1. The first-order valence-electron chi connectivity index (χ1n) is 4.38. The summed E-state index contributed by atoms with van der Waals surface area (Å²) in [5.41, 5.74) is 0.0493. The molecule has 1 aliphatic carbocycles. The van der Waals surface area contributed by atoms with Crippen LogP contribution in [0.5, 0.6) is 0 Å². The summed E-state index contributed by atoms with van der Waals surface area (Å²) in [5.74, 6) is -0.563. The van der Waals surface area contributed by atoms with Gasteiger partial charge in [0.15, 0.2) is 9.84 Å². The summed E-state index contributed by atoms with van der Waals surface area (Å²) in [7, 11) is -3.30. The van der Waals surface area contributed by atoms with Crippen molar-refractivity contribution in [1.29, 1.82) is 0 Å². The molecular formula is C9H9BrFNO2S. The number of sulfone groups is 1. The zero-order valence-corrected chi connectivity index (χ0v) is 10.4. The van der Waals surface area contributed by atoms with Gasteiger partial charge in [0.05, 0.1) is 5.69 Å². The van der Waals surface area contributed by atoms with E-state index in [9.17, 15) is 12.8 Å². The first-order chi connectivity index (χ1) is 6.87. The third-order valence-electron chi connectivity index (χ3n) is 2.65. The molecule has 1 aromatic rings. The van der Waals surface area contributed by atoms with Crippen molar-refractivity contribution in [3.63, 3.8) is 0 Å². The molecule has 1 fully saturated rings. The minimum atomic E-state index is -3.30. The van der Waals surface area contributed by atoms with E-state index in [-0.39, 0.29) is 5.69 Å². The van der Waals surface area contributed by atoms with Crippen LogP contribution in [-0.4, -0.2) is 19.7 Å². The van der Waals surface area contributed by atoms with Crippen LogP contribution in [0.25, 0.3) is 0 Å². The minimum absolute atomic E-state index is 0.0493. The van der Waals surface area contributed by atoms with Crippen LogP contribution in [-0.2, 0) is 14.6 Å². The van der Waals surface area contributed by atoms with Crippen molar-refractivity contribution in [2.75, 3.05) is 6.26 Å². The van der Waals surface area contributed by atoms with Crippen molar-refractivity contribution >= 4 is 25.8 Å². The smallest absolute Gasteiger partial charge is 0.158 e. The highest BCUT2D eigenvalue weighted by Gasteiger charge is 2.56. The van der Waals surface area contributed by atoms with Crippen molar-refractivity contribution in [3.8, 4) is 0 Å². The van der Waals surface area contributed by atoms with Crippen LogP contribution in [0, 0.1) is 5.82 Å². The van der Waals surface area contributed by atoms with Gasteiger partial charge in [0.1, 0.15) is 10.6 Å². The summed E-state index contributed by atoms with van der Waals surface area (Å²) in [4.78, 5) is 3.88. The van der Waals surface area contributed by atoms with Gasteiger partial charge in [-0.15, -0.1) is 0 Å². The number of hydrogen-bond acceptors (Lipinski definition) is 3. The van der Waals surface area contributed by atoms with E-state index in [1.807, 2.05) is 0 Å². The lowest BCUT2D eigenvalue weighted by Gasteiger charge is -2.12. The number of halogens is 2. The lowest BCUT2D eigenvalue weighted by Crippen LogP contribution is -2.22. The number of hydrogen-bond donors (Lipinski definition) is 0. The van der Waals surface area contributed by atoms with E-state index in [0.29, 0.717) is 17.3 Å². The van der Waals surface area contributed by atoms with Gasteiger partial charge in [-0.2, -0.15) is 0 Å². The normalized spacial score (nSPS) is 18.9. The lowest BCUT2D eigenvalue weighted by atomic mass is 10.2. The van der Waals surface area contributed by atoms with Crippen LogP contribution in [0.2, 0.25) is 0 Å². The van der Waals surface area contributed by atoms with E-state index < -0.39 is 20.4 Å². The number of aromatic nitrogens is 1. The molecule has 6 heteroatoms. The molecule has 1 heterocycles. The Morgan fingerprint density at radius 3 is 2.53 bits per heavy atom. The third-order valence-corrected chi connectivity index (χ3v) is 5.11. The molecule has 82 valence electrons. The molecule has 15 heavy (non-hydrogen) atoms. The van der Waals surface area contributed by atoms with Gasteiger partial charge < -0.3 is 0 Å². The summed E-state index contributed by atoms with van der Waals surface area (Å²) >= 11 is 3.08. The van der Waals surface area contributed by atoms with E-state index in [0.717, 1.165) is 6.26 Å². The Balaban J connectivity index is 2.56. The number of nitrogens with zero attached hydrogens (tertiary/aromatic N) is 1. The average Bonchev–Trinajstić information content (AvgIpc) is 2.83. The van der Waals surface area contributed by atoms with Crippen LogP contribution < -0.4 is 0 Å². The van der Waals surface area contributed by atoms with Gasteiger partial charge in [-0.05, 0) is 34.8 Å². The topological polar surface area (TPSA) is 47.0 Å². The van der Waals surface area contributed by atoms with Gasteiger partial charge in [0.25, 0.3) is 0 Å². The van der Waals surface area contributed by atoms with Crippen molar-refractivity contribution in [2.45, 2.75) is 17.6 Å². The standard InChI is InChI=1S/C9H9BrFNO2S/c1-15(13,14)9(2-3-9)8-7(11)4-6(10)5-12-8/h4-5H,2-3H2,1H3. The summed E-state index contributed by atoms with van der Waals surface area (Å²) in [6.07, 6.45) is 3.46. The summed E-state index contributed by atoms with van der Waals surface area (Å²) in [6, 6.07) is 1.24. The minimum Gasteiger partial charge on any atom is -0.255 e. The quantitative estimate of drug-likeness (QED) is 0.838. The van der Waals surface area contributed by atoms with Crippen LogP contribution in [0.3, 0.4) is 0 Å². The first-order valence-corrected chi connectivity index (χ1v) is 7.06. The highest BCUT2D eigenvalue weighted by molar-refractivity contribution is 9.10. The first kappa shape index (κ1) is 11.0. The maximum absolute atomic E-state index is 13.6. The van der Waals surface area contributed by atoms with Crippen LogP contribution in [0.4, 0.5) is 4.39 Å². The molecule has 0 N–H and O–H groups in total. The highest BCUT2D eigenvalue weighted by Crippen LogP contribution is 2.52. The van der Waals surface area contributed by atoms with E-state index in [1.165, 1.54) is 12.3 Å². The van der Waals surface area contributed by atoms with Crippen molar-refractivity contribution in [1.82, 2.24) is 4.98 Å². The van der Waals surface area contributed by atoms with Crippen LogP contribution >= 0.6 is 15.9 Å².